The molecule has 1 amide bonds. The fourth-order valence-electron chi connectivity index (χ4n) is 2.29. The van der Waals surface area contributed by atoms with Crippen LogP contribution in [0.25, 0.3) is 0 Å². The van der Waals surface area contributed by atoms with Gasteiger partial charge in [-0.05, 0) is 25.1 Å². The van der Waals surface area contributed by atoms with Gasteiger partial charge in [0.25, 0.3) is 5.91 Å². The Morgan fingerprint density at radius 3 is 2.78 bits per heavy atom. The Kier molecular flexibility index (Phi) is 5.08. The van der Waals surface area contributed by atoms with Gasteiger partial charge in [0.2, 0.25) is 0 Å². The van der Waals surface area contributed by atoms with Crippen LogP contribution in [0.15, 0.2) is 36.5 Å². The first-order valence-corrected chi connectivity index (χ1v) is 7.98. The normalized spacial score (nSPS) is 11.4. The zero-order valence-corrected chi connectivity index (χ0v) is 14.6. The van der Waals surface area contributed by atoms with E-state index in [4.69, 9.17) is 16.3 Å². The number of aromatic amines is 1. The number of carbonyl (C=O) groups is 1. The number of aromatic nitrogens is 4. The van der Waals surface area contributed by atoms with E-state index in [1.165, 1.54) is 23.9 Å². The lowest BCUT2D eigenvalue weighted by molar-refractivity contribution is -0.140. The van der Waals surface area contributed by atoms with Gasteiger partial charge in [0, 0.05) is 6.20 Å². The van der Waals surface area contributed by atoms with E-state index in [0.717, 1.165) is 0 Å². The number of amides is 1. The quantitative estimate of drug-likeness (QED) is 0.682. The van der Waals surface area contributed by atoms with Crippen LogP contribution in [0.1, 0.15) is 21.9 Å². The molecule has 0 bridgehead atoms. The lowest BCUT2D eigenvalue weighted by Gasteiger charge is -2.12. The molecule has 2 N–H and O–H groups in total. The van der Waals surface area contributed by atoms with Crippen molar-refractivity contribution in [3.63, 3.8) is 0 Å². The van der Waals surface area contributed by atoms with Gasteiger partial charge in [-0.1, -0.05) is 23.7 Å². The molecular weight excluding hydrogens is 387 g/mol. The highest BCUT2D eigenvalue weighted by Gasteiger charge is 2.38. The van der Waals surface area contributed by atoms with Crippen molar-refractivity contribution in [3.8, 4) is 5.75 Å². The topological polar surface area (TPSA) is 84.8 Å². The molecule has 0 aliphatic heterocycles. The standard InChI is InChI=1S/C16H13ClF3N5O2/c1-9-13(14(24-23-9)16(18,19)20)22-15(26)11-6-7-21-25(11)8-27-12-5-3-2-4-10(12)17/h2-7H,8H2,1H3,(H,22,26)(H,23,24). The summed E-state index contributed by atoms with van der Waals surface area (Å²) in [7, 11) is 0. The minimum Gasteiger partial charge on any atom is -0.470 e. The van der Waals surface area contributed by atoms with E-state index in [1.807, 2.05) is 0 Å². The number of para-hydroxylation sites is 1. The van der Waals surface area contributed by atoms with Gasteiger partial charge in [-0.2, -0.15) is 23.4 Å². The summed E-state index contributed by atoms with van der Waals surface area (Å²) in [5.74, 6) is -0.406. The van der Waals surface area contributed by atoms with Crippen molar-refractivity contribution >= 4 is 23.2 Å². The van der Waals surface area contributed by atoms with Crippen LogP contribution in [0.5, 0.6) is 5.75 Å². The average Bonchev–Trinajstić information content (AvgIpc) is 3.21. The van der Waals surface area contributed by atoms with Crippen molar-refractivity contribution in [1.29, 1.82) is 0 Å². The minimum absolute atomic E-state index is 0.00998. The second-order valence-corrected chi connectivity index (χ2v) is 5.85. The molecule has 0 saturated heterocycles. The lowest BCUT2D eigenvalue weighted by Crippen LogP contribution is -2.21. The van der Waals surface area contributed by atoms with E-state index in [9.17, 15) is 18.0 Å². The van der Waals surface area contributed by atoms with Crippen LogP contribution in [0.2, 0.25) is 5.02 Å². The number of ether oxygens (including phenoxy) is 1. The molecule has 27 heavy (non-hydrogen) atoms. The largest absolute Gasteiger partial charge is 0.470 e. The van der Waals surface area contributed by atoms with Gasteiger partial charge in [0.1, 0.15) is 11.4 Å². The van der Waals surface area contributed by atoms with Gasteiger partial charge < -0.3 is 10.1 Å². The van der Waals surface area contributed by atoms with Crippen molar-refractivity contribution in [2.75, 3.05) is 5.32 Å². The number of H-pyrrole nitrogens is 1. The van der Waals surface area contributed by atoms with Gasteiger partial charge in [0.15, 0.2) is 12.4 Å². The highest BCUT2D eigenvalue weighted by atomic mass is 35.5. The maximum Gasteiger partial charge on any atom is 0.437 e. The summed E-state index contributed by atoms with van der Waals surface area (Å²) in [5, 5.41) is 12.0. The van der Waals surface area contributed by atoms with Gasteiger partial charge in [-0.15, -0.1) is 0 Å². The Morgan fingerprint density at radius 1 is 1.33 bits per heavy atom. The number of aryl methyl sites for hydroxylation is 1. The van der Waals surface area contributed by atoms with Gasteiger partial charge in [-0.25, -0.2) is 4.68 Å². The van der Waals surface area contributed by atoms with Crippen LogP contribution >= 0.6 is 11.6 Å². The van der Waals surface area contributed by atoms with Crippen LogP contribution < -0.4 is 10.1 Å². The minimum atomic E-state index is -4.71. The first-order valence-electron chi connectivity index (χ1n) is 7.60. The van der Waals surface area contributed by atoms with Crippen LogP contribution in [-0.2, 0) is 12.9 Å². The van der Waals surface area contributed by atoms with Crippen molar-refractivity contribution in [1.82, 2.24) is 20.0 Å². The molecule has 0 spiro atoms. The van der Waals surface area contributed by atoms with Crippen molar-refractivity contribution in [3.05, 3.63) is 58.6 Å². The molecular formula is C16H13ClF3N5O2. The van der Waals surface area contributed by atoms with E-state index >= 15 is 0 Å². The number of carbonyl (C=O) groups excluding carboxylic acids is 1. The number of nitrogens with zero attached hydrogens (tertiary/aromatic N) is 3. The van der Waals surface area contributed by atoms with E-state index in [0.29, 0.717) is 10.8 Å². The van der Waals surface area contributed by atoms with E-state index < -0.39 is 23.5 Å². The smallest absolute Gasteiger partial charge is 0.437 e. The van der Waals surface area contributed by atoms with Crippen LogP contribution in [0.4, 0.5) is 18.9 Å². The molecule has 2 aromatic heterocycles. The molecule has 11 heteroatoms. The Hall–Kier alpha value is -3.01. The Balaban J connectivity index is 1.77. The fourth-order valence-corrected chi connectivity index (χ4v) is 2.48. The number of hydrogen-bond acceptors (Lipinski definition) is 4. The van der Waals surface area contributed by atoms with Crippen molar-refractivity contribution in [2.45, 2.75) is 19.8 Å². The maximum atomic E-state index is 13.0. The predicted molar refractivity (Wildman–Crippen MR) is 90.6 cm³/mol. The van der Waals surface area contributed by atoms with E-state index in [-0.39, 0.29) is 18.1 Å². The lowest BCUT2D eigenvalue weighted by atomic mass is 10.2. The van der Waals surface area contributed by atoms with Gasteiger partial charge in [0.05, 0.1) is 16.4 Å². The molecule has 0 aliphatic rings. The van der Waals surface area contributed by atoms with E-state index in [2.05, 4.69) is 20.6 Å². The molecule has 0 atom stereocenters. The number of benzene rings is 1. The third kappa shape index (κ3) is 4.05. The summed E-state index contributed by atoms with van der Waals surface area (Å²) >= 11 is 5.99. The average molecular weight is 400 g/mol. The number of alkyl halides is 3. The summed E-state index contributed by atoms with van der Waals surface area (Å²) < 4.78 is 45.7. The molecule has 3 rings (SSSR count). The molecule has 0 fully saturated rings. The zero-order chi connectivity index (χ0) is 19.6. The second kappa shape index (κ2) is 7.31. The van der Waals surface area contributed by atoms with Crippen molar-refractivity contribution < 1.29 is 22.7 Å². The molecule has 142 valence electrons. The third-order valence-corrected chi connectivity index (χ3v) is 3.89. The van der Waals surface area contributed by atoms with Crippen LogP contribution in [0.3, 0.4) is 0 Å². The van der Waals surface area contributed by atoms with Crippen molar-refractivity contribution in [2.24, 2.45) is 0 Å². The Labute approximate surface area is 156 Å². The van der Waals surface area contributed by atoms with Gasteiger partial charge in [-0.3, -0.25) is 9.89 Å². The molecule has 1 aromatic carbocycles. The van der Waals surface area contributed by atoms with Gasteiger partial charge >= 0.3 is 6.18 Å². The molecule has 3 aromatic rings. The summed E-state index contributed by atoms with van der Waals surface area (Å²) in [5.41, 5.74) is -1.55. The Morgan fingerprint density at radius 2 is 2.07 bits per heavy atom. The first-order chi connectivity index (χ1) is 12.8. The highest BCUT2D eigenvalue weighted by molar-refractivity contribution is 6.32. The zero-order valence-electron chi connectivity index (χ0n) is 13.8. The van der Waals surface area contributed by atoms with Crippen LogP contribution in [-0.4, -0.2) is 25.9 Å². The monoisotopic (exact) mass is 399 g/mol. The number of anilines is 1. The molecule has 2 heterocycles. The third-order valence-electron chi connectivity index (χ3n) is 3.58. The molecule has 0 unspecified atom stereocenters. The second-order valence-electron chi connectivity index (χ2n) is 5.44. The maximum absolute atomic E-state index is 13.0. The first kappa shape index (κ1) is 18.8. The number of nitrogens with one attached hydrogen (secondary N) is 2. The SMILES string of the molecule is Cc1[nH]nc(C(F)(F)F)c1NC(=O)c1ccnn1COc1ccccc1Cl. The Bertz CT molecular complexity index is 967. The summed E-state index contributed by atoms with van der Waals surface area (Å²) in [6.07, 6.45) is -3.38. The number of halogens is 4. The molecule has 0 radical (unpaired) electrons. The molecule has 7 nitrogen and oxygen atoms in total. The highest BCUT2D eigenvalue weighted by Crippen LogP contribution is 2.34. The molecule has 0 aliphatic carbocycles. The van der Waals surface area contributed by atoms with Crippen LogP contribution in [0, 0.1) is 6.92 Å². The van der Waals surface area contributed by atoms with E-state index in [1.54, 1.807) is 24.3 Å². The number of rotatable bonds is 5. The number of hydrogen-bond donors (Lipinski definition) is 2. The summed E-state index contributed by atoms with van der Waals surface area (Å²) in [4.78, 5) is 12.4. The predicted octanol–water partition coefficient (Wildman–Crippen LogP) is 3.88. The summed E-state index contributed by atoms with van der Waals surface area (Å²) in [6, 6.07) is 8.07. The fraction of sp³-hybridized carbons (Fsp3) is 0.188. The summed E-state index contributed by atoms with van der Waals surface area (Å²) in [6.45, 7) is 1.21. The molecule has 0 saturated carbocycles.